The van der Waals surface area contributed by atoms with Crippen LogP contribution in [0, 0.1) is 41.5 Å². The fourth-order valence-corrected chi connectivity index (χ4v) is 9.09. The second-order valence-corrected chi connectivity index (χ2v) is 16.7. The zero-order chi connectivity index (χ0) is 42.0. The van der Waals surface area contributed by atoms with Crippen molar-refractivity contribution in [3.8, 4) is 0 Å². The van der Waals surface area contributed by atoms with Crippen LogP contribution in [-0.2, 0) is 0 Å². The van der Waals surface area contributed by atoms with E-state index in [1.54, 1.807) is 0 Å². The Hall–Kier alpha value is -7.06. The Bertz CT molecular complexity index is 2620. The molecule has 5 heterocycles. The summed E-state index contributed by atoms with van der Waals surface area (Å²) in [7, 11) is 8.27. The summed E-state index contributed by atoms with van der Waals surface area (Å²) in [5, 5.41) is 0. The van der Waals surface area contributed by atoms with Crippen molar-refractivity contribution in [1.82, 2.24) is 9.97 Å². The van der Waals surface area contributed by atoms with E-state index >= 15 is 0 Å². The van der Waals surface area contributed by atoms with Gasteiger partial charge in [0.1, 0.15) is 23.3 Å². The van der Waals surface area contributed by atoms with Gasteiger partial charge in [-0.25, -0.2) is 9.98 Å². The van der Waals surface area contributed by atoms with Crippen molar-refractivity contribution < 1.29 is 0 Å². The number of aryl methyl sites for hydroxylation is 6. The van der Waals surface area contributed by atoms with Crippen LogP contribution in [0.2, 0.25) is 0 Å². The Morgan fingerprint density at radius 2 is 0.783 bits per heavy atom. The number of benzene rings is 4. The number of rotatable bonds is 6. The fraction of sp³-hybridized carbons (Fsp3) is 0.192. The summed E-state index contributed by atoms with van der Waals surface area (Å²) in [4.78, 5) is 27.5. The van der Waals surface area contributed by atoms with Gasteiger partial charge in [-0.15, -0.1) is 0 Å². The lowest BCUT2D eigenvalue weighted by Crippen LogP contribution is -2.24. The van der Waals surface area contributed by atoms with E-state index in [0.29, 0.717) is 0 Å². The summed E-state index contributed by atoms with van der Waals surface area (Å²) in [6.45, 7) is 13.1. The number of aromatic amines is 2. The van der Waals surface area contributed by atoms with Crippen molar-refractivity contribution >= 4 is 57.2 Å². The first-order valence-electron chi connectivity index (χ1n) is 20.6. The molecule has 0 saturated heterocycles. The molecule has 2 N–H and O–H groups in total. The number of allylic oxidation sites excluding steroid dienone is 2. The third-order valence-corrected chi connectivity index (χ3v) is 11.7. The molecule has 0 aliphatic carbocycles. The molecule has 60 heavy (non-hydrogen) atoms. The minimum absolute atomic E-state index is 0.815. The van der Waals surface area contributed by atoms with E-state index in [9.17, 15) is 0 Å². The molecular formula is C52H52N8. The number of aromatic nitrogens is 2. The van der Waals surface area contributed by atoms with Crippen LogP contribution in [0.25, 0.3) is 11.1 Å². The Kier molecular flexibility index (Phi) is 9.58. The number of H-pyrrole nitrogens is 2. The molecule has 2 aromatic heterocycles. The standard InChI is InChI=1S/C52H52N8/c1-31-27-33(3)49(34(4)28-31)51-41-19-23-45(53-41)59(39-15-11-37(12-16-39)57(7)8)47-25-21-43(55-47)52(50-35(5)29-32(2)30-36(50)6)44-22-26-48(56-44)60(46-24-20-42(51)54-46)40-17-13-38(14-18-40)58(9)10/h11-30,53,56H,1-10H3. The molecule has 8 heteroatoms. The maximum atomic E-state index is 5.52. The molecule has 6 aromatic rings. The lowest BCUT2D eigenvalue weighted by molar-refractivity contribution is 1.13. The van der Waals surface area contributed by atoms with Gasteiger partial charge in [0.25, 0.3) is 0 Å². The lowest BCUT2D eigenvalue weighted by atomic mass is 9.91. The average Bonchev–Trinajstić information content (AvgIpc) is 4.04. The largest absolute Gasteiger partial charge is 0.378 e. The molecular weight excluding hydrogens is 737 g/mol. The van der Waals surface area contributed by atoms with Crippen molar-refractivity contribution in [3.63, 3.8) is 0 Å². The highest BCUT2D eigenvalue weighted by Crippen LogP contribution is 2.41. The Balaban J connectivity index is 1.35. The van der Waals surface area contributed by atoms with Crippen LogP contribution < -0.4 is 19.6 Å². The van der Waals surface area contributed by atoms with Crippen LogP contribution in [0.5, 0.6) is 0 Å². The second kappa shape index (κ2) is 15.0. The third kappa shape index (κ3) is 6.77. The minimum atomic E-state index is 0.815. The quantitative estimate of drug-likeness (QED) is 0.176. The van der Waals surface area contributed by atoms with Crippen LogP contribution in [0.1, 0.15) is 55.9 Å². The summed E-state index contributed by atoms with van der Waals surface area (Å²) in [5.41, 5.74) is 19.7. The highest BCUT2D eigenvalue weighted by atomic mass is 15.3. The number of anilines is 6. The molecule has 4 aromatic carbocycles. The molecule has 0 spiro atoms. The average molecular weight is 789 g/mol. The lowest BCUT2D eigenvalue weighted by Gasteiger charge is -2.24. The highest BCUT2D eigenvalue weighted by molar-refractivity contribution is 6.15. The molecule has 8 nitrogen and oxygen atoms in total. The molecule has 9 rings (SSSR count). The maximum absolute atomic E-state index is 5.52. The van der Waals surface area contributed by atoms with Gasteiger partial charge in [0.05, 0.1) is 11.4 Å². The maximum Gasteiger partial charge on any atom is 0.139 e. The van der Waals surface area contributed by atoms with Crippen molar-refractivity contribution in [1.29, 1.82) is 0 Å². The smallest absolute Gasteiger partial charge is 0.139 e. The zero-order valence-corrected chi connectivity index (χ0v) is 36.2. The molecule has 300 valence electrons. The number of hydrogen-bond donors (Lipinski definition) is 2. The fourth-order valence-electron chi connectivity index (χ4n) is 9.09. The Morgan fingerprint density at radius 3 is 1.12 bits per heavy atom. The topological polar surface area (TPSA) is 69.3 Å². The van der Waals surface area contributed by atoms with Gasteiger partial charge >= 0.3 is 0 Å². The molecule has 3 aliphatic heterocycles. The van der Waals surface area contributed by atoms with Gasteiger partial charge in [0, 0.05) is 73.5 Å². The molecule has 0 unspecified atom stereocenters. The van der Waals surface area contributed by atoms with E-state index in [2.05, 4.69) is 221 Å². The summed E-state index contributed by atoms with van der Waals surface area (Å²) >= 11 is 0. The molecule has 0 amide bonds. The van der Waals surface area contributed by atoms with Crippen LogP contribution in [-0.4, -0.2) is 49.8 Å². The predicted molar refractivity (Wildman–Crippen MR) is 254 cm³/mol. The van der Waals surface area contributed by atoms with E-state index in [1.165, 1.54) is 44.5 Å². The van der Waals surface area contributed by atoms with Crippen LogP contribution in [0.3, 0.4) is 0 Å². The van der Waals surface area contributed by atoms with Gasteiger partial charge in [0.2, 0.25) is 0 Å². The number of nitrogens with zero attached hydrogens (tertiary/aromatic N) is 6. The Morgan fingerprint density at radius 1 is 0.433 bits per heavy atom. The van der Waals surface area contributed by atoms with Crippen molar-refractivity contribution in [2.24, 2.45) is 9.98 Å². The first-order valence-corrected chi connectivity index (χ1v) is 20.6. The number of aliphatic imine (C=N–C) groups is 2. The van der Waals surface area contributed by atoms with Gasteiger partial charge in [0.15, 0.2) is 0 Å². The van der Waals surface area contributed by atoms with Gasteiger partial charge in [-0.2, -0.15) is 0 Å². The van der Waals surface area contributed by atoms with Gasteiger partial charge in [-0.1, -0.05) is 35.4 Å². The SMILES string of the molecule is Cc1cc(C)c(C2=C3C=CC(=N3)N(c3ccc(N(C)C)cc3)c3ccc([nH]3)C(c3c(C)cc(C)cc3C)=C3C=CC(=N3)N(c3ccc(N(C)C)cc3)c3ccc2[nH]3)c(C)c1. The molecule has 8 bridgehead atoms. The number of nitrogens with one attached hydrogen (secondary N) is 2. The van der Waals surface area contributed by atoms with Gasteiger partial charge in [-0.3, -0.25) is 9.80 Å². The van der Waals surface area contributed by atoms with E-state index in [-0.39, 0.29) is 0 Å². The second-order valence-electron chi connectivity index (χ2n) is 16.7. The molecule has 0 atom stereocenters. The molecule has 0 fully saturated rings. The van der Waals surface area contributed by atoms with E-state index in [4.69, 9.17) is 9.98 Å². The number of fused-ring (bicyclic) bond motifs is 6. The Labute approximate surface area is 353 Å². The summed E-state index contributed by atoms with van der Waals surface area (Å²) < 4.78 is 0. The summed E-state index contributed by atoms with van der Waals surface area (Å²) in [5.74, 6) is 3.44. The third-order valence-electron chi connectivity index (χ3n) is 11.7. The first-order chi connectivity index (χ1) is 28.8. The summed E-state index contributed by atoms with van der Waals surface area (Å²) in [6, 6.07) is 35.1. The zero-order valence-electron chi connectivity index (χ0n) is 36.2. The van der Waals surface area contributed by atoms with E-state index in [0.717, 1.165) is 80.0 Å². The predicted octanol–water partition coefficient (Wildman–Crippen LogP) is 11.8. The van der Waals surface area contributed by atoms with Crippen LogP contribution in [0.15, 0.2) is 143 Å². The minimum Gasteiger partial charge on any atom is -0.378 e. The number of hydrogen-bond acceptors (Lipinski definition) is 6. The van der Waals surface area contributed by atoms with Crippen molar-refractivity contribution in [3.05, 3.63) is 189 Å². The molecule has 3 aliphatic rings. The highest BCUT2D eigenvalue weighted by Gasteiger charge is 2.28. The van der Waals surface area contributed by atoms with Crippen LogP contribution in [0.4, 0.5) is 34.4 Å². The van der Waals surface area contributed by atoms with Crippen molar-refractivity contribution in [2.75, 3.05) is 47.8 Å². The van der Waals surface area contributed by atoms with Gasteiger partial charge < -0.3 is 19.8 Å². The monoisotopic (exact) mass is 788 g/mol. The van der Waals surface area contributed by atoms with Gasteiger partial charge in [-0.05, 0) is 172 Å². The van der Waals surface area contributed by atoms with Crippen LogP contribution >= 0.6 is 0 Å². The van der Waals surface area contributed by atoms with E-state index in [1.807, 2.05) is 0 Å². The molecule has 0 saturated carbocycles. The number of amidine groups is 2. The van der Waals surface area contributed by atoms with Crippen molar-refractivity contribution in [2.45, 2.75) is 41.5 Å². The van der Waals surface area contributed by atoms with E-state index < -0.39 is 0 Å². The molecule has 0 radical (unpaired) electrons. The summed E-state index contributed by atoms with van der Waals surface area (Å²) in [6.07, 6.45) is 8.59. The normalized spacial score (nSPS) is 14.7. The first kappa shape index (κ1) is 38.5.